The van der Waals surface area contributed by atoms with E-state index in [1.54, 1.807) is 4.90 Å². The second-order valence-electron chi connectivity index (χ2n) is 9.21. The summed E-state index contributed by atoms with van der Waals surface area (Å²) in [6, 6.07) is 8.65. The molecule has 6 heteroatoms. The molecule has 29 heavy (non-hydrogen) atoms. The largest absolute Gasteiger partial charge is 0.444 e. The Morgan fingerprint density at radius 3 is 2.62 bits per heavy atom. The Morgan fingerprint density at radius 1 is 1.10 bits per heavy atom. The number of hydrogen-bond acceptors (Lipinski definition) is 4. The van der Waals surface area contributed by atoms with Gasteiger partial charge in [0.15, 0.2) is 0 Å². The molecule has 1 atom stereocenters. The Bertz CT molecular complexity index is 728. The summed E-state index contributed by atoms with van der Waals surface area (Å²) in [5.74, 6) is 0.150. The molecule has 0 N–H and O–H groups in total. The van der Waals surface area contributed by atoms with Crippen LogP contribution in [0, 0.1) is 0 Å². The molecule has 1 heterocycles. The molecule has 0 saturated carbocycles. The lowest BCUT2D eigenvalue weighted by Gasteiger charge is -2.34. The average Bonchev–Trinajstić information content (AvgIpc) is 2.91. The highest BCUT2D eigenvalue weighted by Crippen LogP contribution is 2.33. The Labute approximate surface area is 174 Å². The first-order valence-corrected chi connectivity index (χ1v) is 10.8. The van der Waals surface area contributed by atoms with Crippen molar-refractivity contribution in [1.29, 1.82) is 0 Å². The van der Waals surface area contributed by atoms with Crippen molar-refractivity contribution in [3.63, 3.8) is 0 Å². The van der Waals surface area contributed by atoms with Gasteiger partial charge in [-0.2, -0.15) is 0 Å². The van der Waals surface area contributed by atoms with Crippen LogP contribution in [0.25, 0.3) is 0 Å². The van der Waals surface area contributed by atoms with Crippen LogP contribution in [0.2, 0.25) is 0 Å². The maximum Gasteiger partial charge on any atom is 0.410 e. The molecular weight excluding hydrogens is 366 g/mol. The van der Waals surface area contributed by atoms with E-state index < -0.39 is 5.60 Å². The molecule has 6 nitrogen and oxygen atoms in total. The number of aryl methyl sites for hydroxylation is 1. The molecule has 2 aliphatic rings. The first-order valence-electron chi connectivity index (χ1n) is 10.8. The number of ether oxygens (including phenoxy) is 1. The molecule has 1 unspecified atom stereocenters. The predicted molar refractivity (Wildman–Crippen MR) is 114 cm³/mol. The SMILES string of the molecule is CN(C(=O)CN1CCCN(C(=O)OC(C)(C)C)CC1)C1CCCc2ccccc21. The van der Waals surface area contributed by atoms with Gasteiger partial charge >= 0.3 is 6.09 Å². The van der Waals surface area contributed by atoms with Crippen molar-refractivity contribution in [1.82, 2.24) is 14.7 Å². The van der Waals surface area contributed by atoms with E-state index in [4.69, 9.17) is 4.74 Å². The van der Waals surface area contributed by atoms with Gasteiger partial charge in [0.2, 0.25) is 5.91 Å². The van der Waals surface area contributed by atoms with Gasteiger partial charge in [-0.25, -0.2) is 4.79 Å². The molecule has 1 aromatic rings. The zero-order chi connectivity index (χ0) is 21.0. The van der Waals surface area contributed by atoms with Crippen LogP contribution in [-0.2, 0) is 16.0 Å². The van der Waals surface area contributed by atoms with Crippen molar-refractivity contribution >= 4 is 12.0 Å². The normalized spacial score (nSPS) is 20.6. The summed E-state index contributed by atoms with van der Waals surface area (Å²) in [5.41, 5.74) is 2.17. The Kier molecular flexibility index (Phi) is 6.83. The van der Waals surface area contributed by atoms with E-state index in [0.717, 1.165) is 32.2 Å². The first kappa shape index (κ1) is 21.6. The minimum atomic E-state index is -0.488. The van der Waals surface area contributed by atoms with Crippen LogP contribution in [0.15, 0.2) is 24.3 Å². The third kappa shape index (κ3) is 5.72. The molecule has 0 spiro atoms. The van der Waals surface area contributed by atoms with Crippen molar-refractivity contribution in [3.8, 4) is 0 Å². The molecule has 0 aromatic heterocycles. The van der Waals surface area contributed by atoms with Crippen LogP contribution in [-0.4, -0.2) is 72.1 Å². The summed E-state index contributed by atoms with van der Waals surface area (Å²) in [5, 5.41) is 0. The summed E-state index contributed by atoms with van der Waals surface area (Å²) in [6.07, 6.45) is 3.82. The molecule has 1 fully saturated rings. The highest BCUT2D eigenvalue weighted by atomic mass is 16.6. The van der Waals surface area contributed by atoms with Gasteiger partial charge in [0, 0.05) is 33.2 Å². The summed E-state index contributed by atoms with van der Waals surface area (Å²) >= 11 is 0. The van der Waals surface area contributed by atoms with E-state index in [0.29, 0.717) is 26.2 Å². The van der Waals surface area contributed by atoms with E-state index in [9.17, 15) is 9.59 Å². The number of carbonyl (C=O) groups excluding carboxylic acids is 2. The van der Waals surface area contributed by atoms with Crippen LogP contribution < -0.4 is 0 Å². The molecular formula is C23H35N3O3. The number of likely N-dealkylation sites (N-methyl/N-ethyl adjacent to an activating group) is 1. The van der Waals surface area contributed by atoms with E-state index >= 15 is 0 Å². The number of carbonyl (C=O) groups is 2. The molecule has 1 aromatic carbocycles. The van der Waals surface area contributed by atoms with E-state index in [-0.39, 0.29) is 18.0 Å². The Morgan fingerprint density at radius 2 is 1.86 bits per heavy atom. The topological polar surface area (TPSA) is 53.1 Å². The minimum absolute atomic E-state index is 0.150. The van der Waals surface area contributed by atoms with E-state index in [1.165, 1.54) is 11.1 Å². The standard InChI is InChI=1S/C23H35N3O3/c1-23(2,3)29-22(28)26-14-8-13-25(15-16-26)17-21(27)24(4)20-12-7-10-18-9-5-6-11-19(18)20/h5-6,9,11,20H,7-8,10,12-17H2,1-4H3. The fraction of sp³-hybridized carbons (Fsp3) is 0.652. The van der Waals surface area contributed by atoms with E-state index in [2.05, 4.69) is 29.2 Å². The van der Waals surface area contributed by atoms with Crippen LogP contribution in [0.4, 0.5) is 4.79 Å². The lowest BCUT2D eigenvalue weighted by Crippen LogP contribution is -2.43. The third-order valence-electron chi connectivity index (χ3n) is 5.80. The van der Waals surface area contributed by atoms with Crippen LogP contribution in [0.3, 0.4) is 0 Å². The Balaban J connectivity index is 1.55. The zero-order valence-electron chi connectivity index (χ0n) is 18.3. The van der Waals surface area contributed by atoms with E-state index in [1.807, 2.05) is 32.7 Å². The highest BCUT2D eigenvalue weighted by Gasteiger charge is 2.29. The second kappa shape index (κ2) is 9.16. The van der Waals surface area contributed by atoms with Crippen molar-refractivity contribution < 1.29 is 14.3 Å². The van der Waals surface area contributed by atoms with Gasteiger partial charge in [0.05, 0.1) is 12.6 Å². The summed E-state index contributed by atoms with van der Waals surface area (Å²) in [4.78, 5) is 31.2. The molecule has 0 radical (unpaired) electrons. The maximum absolute atomic E-state index is 13.0. The molecule has 1 aliphatic heterocycles. The minimum Gasteiger partial charge on any atom is -0.444 e. The monoisotopic (exact) mass is 401 g/mol. The molecule has 1 aliphatic carbocycles. The molecule has 2 amide bonds. The fourth-order valence-electron chi connectivity index (χ4n) is 4.25. The van der Waals surface area contributed by atoms with Gasteiger partial charge in [-0.1, -0.05) is 24.3 Å². The number of nitrogens with zero attached hydrogens (tertiary/aromatic N) is 3. The average molecular weight is 402 g/mol. The number of benzene rings is 1. The molecule has 3 rings (SSSR count). The number of amides is 2. The first-order chi connectivity index (χ1) is 13.7. The Hall–Kier alpha value is -2.08. The van der Waals surface area contributed by atoms with Gasteiger partial charge in [-0.05, 0) is 57.6 Å². The van der Waals surface area contributed by atoms with Crippen molar-refractivity contribution in [2.45, 2.75) is 58.1 Å². The quantitative estimate of drug-likeness (QED) is 0.778. The van der Waals surface area contributed by atoms with Crippen molar-refractivity contribution in [3.05, 3.63) is 35.4 Å². The lowest BCUT2D eigenvalue weighted by molar-refractivity contribution is -0.133. The number of fused-ring (bicyclic) bond motifs is 1. The maximum atomic E-state index is 13.0. The predicted octanol–water partition coefficient (Wildman–Crippen LogP) is 3.47. The van der Waals surface area contributed by atoms with Crippen LogP contribution in [0.1, 0.15) is 57.2 Å². The molecule has 160 valence electrons. The fourth-order valence-corrected chi connectivity index (χ4v) is 4.25. The number of rotatable bonds is 3. The van der Waals surface area contributed by atoms with Gasteiger partial charge < -0.3 is 14.5 Å². The number of hydrogen-bond donors (Lipinski definition) is 0. The van der Waals surface area contributed by atoms with Gasteiger partial charge in [-0.3, -0.25) is 9.69 Å². The summed E-state index contributed by atoms with van der Waals surface area (Å²) < 4.78 is 5.49. The molecule has 1 saturated heterocycles. The zero-order valence-corrected chi connectivity index (χ0v) is 18.3. The smallest absolute Gasteiger partial charge is 0.410 e. The van der Waals surface area contributed by atoms with Gasteiger partial charge in [-0.15, -0.1) is 0 Å². The molecule has 0 bridgehead atoms. The van der Waals surface area contributed by atoms with Crippen LogP contribution >= 0.6 is 0 Å². The second-order valence-corrected chi connectivity index (χ2v) is 9.21. The van der Waals surface area contributed by atoms with Crippen molar-refractivity contribution in [2.75, 3.05) is 39.8 Å². The summed E-state index contributed by atoms with van der Waals surface area (Å²) in [6.45, 7) is 8.83. The van der Waals surface area contributed by atoms with Gasteiger partial charge in [0.1, 0.15) is 5.60 Å². The highest BCUT2D eigenvalue weighted by molar-refractivity contribution is 5.78. The summed E-state index contributed by atoms with van der Waals surface area (Å²) in [7, 11) is 1.93. The van der Waals surface area contributed by atoms with Gasteiger partial charge in [0.25, 0.3) is 0 Å². The van der Waals surface area contributed by atoms with Crippen LogP contribution in [0.5, 0.6) is 0 Å². The lowest BCUT2D eigenvalue weighted by atomic mass is 9.87. The van der Waals surface area contributed by atoms with Crippen molar-refractivity contribution in [2.24, 2.45) is 0 Å². The third-order valence-corrected chi connectivity index (χ3v) is 5.80.